The fourth-order valence-electron chi connectivity index (χ4n) is 2.78. The van der Waals surface area contributed by atoms with Gasteiger partial charge in [0.05, 0.1) is 0 Å². The molecule has 3 N–H and O–H groups in total. The van der Waals surface area contributed by atoms with Gasteiger partial charge in [-0.2, -0.15) is 0 Å². The van der Waals surface area contributed by atoms with Gasteiger partial charge < -0.3 is 20.3 Å². The molecule has 0 amide bonds. The molecule has 0 saturated heterocycles. The van der Waals surface area contributed by atoms with Crippen molar-refractivity contribution in [3.63, 3.8) is 0 Å². The zero-order valence-corrected chi connectivity index (χ0v) is 9.74. The molecule has 1 aromatic rings. The average Bonchev–Trinajstić information content (AvgIpc) is 2.31. The van der Waals surface area contributed by atoms with Crippen molar-refractivity contribution in [3.05, 3.63) is 17.7 Å². The molecule has 92 valence electrons. The summed E-state index contributed by atoms with van der Waals surface area (Å²) in [5.41, 5.74) is 6.63. The fraction of sp³-hybridized carbons (Fsp3) is 0.538. The van der Waals surface area contributed by atoms with E-state index in [2.05, 4.69) is 0 Å². The van der Waals surface area contributed by atoms with Crippen LogP contribution < -0.4 is 15.2 Å². The summed E-state index contributed by atoms with van der Waals surface area (Å²) >= 11 is 0. The zero-order chi connectivity index (χ0) is 11.9. The van der Waals surface area contributed by atoms with E-state index in [0.29, 0.717) is 25.5 Å². The molecule has 3 rings (SSSR count). The van der Waals surface area contributed by atoms with Gasteiger partial charge in [-0.3, -0.25) is 0 Å². The SMILES string of the molecule is NCC1(c2c(O)ccc3c2OCCO3)CCC1. The second-order valence-electron chi connectivity index (χ2n) is 4.82. The van der Waals surface area contributed by atoms with Crippen molar-refractivity contribution < 1.29 is 14.6 Å². The maximum absolute atomic E-state index is 10.1. The van der Waals surface area contributed by atoms with Crippen molar-refractivity contribution in [3.8, 4) is 17.2 Å². The molecule has 0 radical (unpaired) electrons. The van der Waals surface area contributed by atoms with Gasteiger partial charge in [0.15, 0.2) is 11.5 Å². The van der Waals surface area contributed by atoms with Crippen LogP contribution in [0.3, 0.4) is 0 Å². The van der Waals surface area contributed by atoms with Crippen molar-refractivity contribution in [1.82, 2.24) is 0 Å². The van der Waals surface area contributed by atoms with Gasteiger partial charge >= 0.3 is 0 Å². The Morgan fingerprint density at radius 2 is 2.00 bits per heavy atom. The summed E-state index contributed by atoms with van der Waals surface area (Å²) in [6, 6.07) is 3.44. The third kappa shape index (κ3) is 1.47. The number of ether oxygens (including phenoxy) is 2. The minimum absolute atomic E-state index is 0.115. The number of rotatable bonds is 2. The molecule has 0 atom stereocenters. The molecule has 1 fully saturated rings. The number of hydrogen-bond acceptors (Lipinski definition) is 4. The Kier molecular flexibility index (Phi) is 2.40. The number of aromatic hydroxyl groups is 1. The zero-order valence-electron chi connectivity index (χ0n) is 9.74. The van der Waals surface area contributed by atoms with Crippen LogP contribution in [-0.2, 0) is 5.41 Å². The molecule has 17 heavy (non-hydrogen) atoms. The lowest BCUT2D eigenvalue weighted by atomic mass is 9.64. The van der Waals surface area contributed by atoms with Crippen molar-refractivity contribution in [2.45, 2.75) is 24.7 Å². The number of benzene rings is 1. The van der Waals surface area contributed by atoms with Crippen molar-refractivity contribution in [2.75, 3.05) is 19.8 Å². The highest BCUT2D eigenvalue weighted by Crippen LogP contribution is 2.53. The minimum Gasteiger partial charge on any atom is -0.508 e. The maximum Gasteiger partial charge on any atom is 0.168 e. The van der Waals surface area contributed by atoms with E-state index in [1.807, 2.05) is 0 Å². The van der Waals surface area contributed by atoms with Crippen LogP contribution in [0.1, 0.15) is 24.8 Å². The van der Waals surface area contributed by atoms with E-state index >= 15 is 0 Å². The third-order valence-electron chi connectivity index (χ3n) is 3.92. The van der Waals surface area contributed by atoms with Crippen LogP contribution in [0.4, 0.5) is 0 Å². The molecule has 0 unspecified atom stereocenters. The molecular formula is C13H17NO3. The third-order valence-corrected chi connectivity index (χ3v) is 3.92. The predicted octanol–water partition coefficient (Wildman–Crippen LogP) is 1.54. The molecule has 0 spiro atoms. The average molecular weight is 235 g/mol. The van der Waals surface area contributed by atoms with Gasteiger partial charge in [0, 0.05) is 17.5 Å². The molecular weight excluding hydrogens is 218 g/mol. The van der Waals surface area contributed by atoms with E-state index in [9.17, 15) is 5.11 Å². The Morgan fingerprint density at radius 3 is 2.65 bits per heavy atom. The molecule has 0 bridgehead atoms. The van der Waals surface area contributed by atoms with Gasteiger partial charge in [0.25, 0.3) is 0 Å². The van der Waals surface area contributed by atoms with E-state index < -0.39 is 0 Å². The fourth-order valence-corrected chi connectivity index (χ4v) is 2.78. The summed E-state index contributed by atoms with van der Waals surface area (Å²) in [4.78, 5) is 0. The summed E-state index contributed by atoms with van der Waals surface area (Å²) in [6.45, 7) is 1.64. The summed E-state index contributed by atoms with van der Waals surface area (Å²) in [5.74, 6) is 1.70. The van der Waals surface area contributed by atoms with Gasteiger partial charge in [0.1, 0.15) is 19.0 Å². The monoisotopic (exact) mass is 235 g/mol. The Balaban J connectivity index is 2.14. The van der Waals surface area contributed by atoms with Crippen LogP contribution in [0, 0.1) is 0 Å². The summed E-state index contributed by atoms with van der Waals surface area (Å²) < 4.78 is 11.2. The molecule has 4 nitrogen and oxygen atoms in total. The van der Waals surface area contributed by atoms with Crippen molar-refractivity contribution >= 4 is 0 Å². The van der Waals surface area contributed by atoms with E-state index in [-0.39, 0.29) is 11.2 Å². The highest BCUT2D eigenvalue weighted by molar-refractivity contribution is 5.58. The maximum atomic E-state index is 10.1. The smallest absolute Gasteiger partial charge is 0.168 e. The molecule has 1 aromatic carbocycles. The van der Waals surface area contributed by atoms with Crippen LogP contribution in [0.5, 0.6) is 17.2 Å². The molecule has 4 heteroatoms. The lowest BCUT2D eigenvalue weighted by Gasteiger charge is -2.43. The molecule has 0 aromatic heterocycles. The number of nitrogens with two attached hydrogens (primary N) is 1. The first-order chi connectivity index (χ1) is 8.27. The summed E-state index contributed by atoms with van der Waals surface area (Å²) in [5, 5.41) is 10.1. The number of phenols is 1. The van der Waals surface area contributed by atoms with E-state index in [4.69, 9.17) is 15.2 Å². The standard InChI is InChI=1S/C13H17NO3/c14-8-13(4-1-5-13)11-9(15)2-3-10-12(11)17-7-6-16-10/h2-3,15H,1,4-8,14H2. The molecule has 1 aliphatic heterocycles. The molecule has 1 heterocycles. The van der Waals surface area contributed by atoms with Gasteiger partial charge in [0.2, 0.25) is 0 Å². The highest BCUT2D eigenvalue weighted by atomic mass is 16.6. The number of hydrogen-bond donors (Lipinski definition) is 2. The second kappa shape index (κ2) is 3.81. The quantitative estimate of drug-likeness (QED) is 0.816. The van der Waals surface area contributed by atoms with E-state index in [0.717, 1.165) is 30.6 Å². The highest BCUT2D eigenvalue weighted by Gasteiger charge is 2.43. The van der Waals surface area contributed by atoms with Crippen LogP contribution in [-0.4, -0.2) is 24.9 Å². The van der Waals surface area contributed by atoms with E-state index in [1.54, 1.807) is 12.1 Å². The van der Waals surface area contributed by atoms with Crippen LogP contribution in [0.2, 0.25) is 0 Å². The Bertz CT molecular complexity index is 435. The largest absolute Gasteiger partial charge is 0.508 e. The Labute approximate surface area is 100 Å². The van der Waals surface area contributed by atoms with Gasteiger partial charge in [-0.15, -0.1) is 0 Å². The lowest BCUT2D eigenvalue weighted by Crippen LogP contribution is -2.42. The first kappa shape index (κ1) is 10.7. The second-order valence-corrected chi connectivity index (χ2v) is 4.82. The predicted molar refractivity (Wildman–Crippen MR) is 63.7 cm³/mol. The van der Waals surface area contributed by atoms with Gasteiger partial charge in [-0.05, 0) is 25.0 Å². The molecule has 1 aliphatic carbocycles. The number of phenolic OH excluding ortho intramolecular Hbond substituents is 1. The van der Waals surface area contributed by atoms with Crippen LogP contribution in [0.15, 0.2) is 12.1 Å². The first-order valence-electron chi connectivity index (χ1n) is 6.09. The normalized spacial score (nSPS) is 20.8. The van der Waals surface area contributed by atoms with E-state index in [1.165, 1.54) is 0 Å². The lowest BCUT2D eigenvalue weighted by molar-refractivity contribution is 0.157. The molecule has 1 saturated carbocycles. The van der Waals surface area contributed by atoms with Crippen LogP contribution in [0.25, 0.3) is 0 Å². The topological polar surface area (TPSA) is 64.7 Å². The van der Waals surface area contributed by atoms with Crippen LogP contribution >= 0.6 is 0 Å². The van der Waals surface area contributed by atoms with Crippen molar-refractivity contribution in [2.24, 2.45) is 5.73 Å². The summed E-state index contributed by atoms with van der Waals surface area (Å²) in [7, 11) is 0. The number of fused-ring (bicyclic) bond motifs is 1. The Hall–Kier alpha value is -1.42. The minimum atomic E-state index is -0.115. The van der Waals surface area contributed by atoms with Crippen molar-refractivity contribution in [1.29, 1.82) is 0 Å². The van der Waals surface area contributed by atoms with Gasteiger partial charge in [-0.25, -0.2) is 0 Å². The Morgan fingerprint density at radius 1 is 1.24 bits per heavy atom. The van der Waals surface area contributed by atoms with Gasteiger partial charge in [-0.1, -0.05) is 6.42 Å². The first-order valence-corrected chi connectivity index (χ1v) is 6.09. The molecule has 2 aliphatic rings. The summed E-state index contributed by atoms with van der Waals surface area (Å²) in [6.07, 6.45) is 3.18.